The summed E-state index contributed by atoms with van der Waals surface area (Å²) in [6.07, 6.45) is 0.332. The second-order valence-corrected chi connectivity index (χ2v) is 9.11. The van der Waals surface area contributed by atoms with E-state index in [9.17, 15) is 4.79 Å². The van der Waals surface area contributed by atoms with Crippen LogP contribution in [-0.4, -0.2) is 24.0 Å². The molecule has 0 radical (unpaired) electrons. The van der Waals surface area contributed by atoms with Crippen molar-refractivity contribution in [1.29, 1.82) is 0 Å². The second-order valence-electron chi connectivity index (χ2n) is 7.02. The van der Waals surface area contributed by atoms with Crippen LogP contribution in [0.2, 0.25) is 0 Å². The summed E-state index contributed by atoms with van der Waals surface area (Å²) in [4.78, 5) is 18.9. The molecule has 0 spiro atoms. The number of rotatable bonds is 5. The van der Waals surface area contributed by atoms with E-state index in [2.05, 4.69) is 27.3 Å². The number of carbonyl (C=O) groups excluding carboxylic acids is 1. The van der Waals surface area contributed by atoms with Crippen molar-refractivity contribution in [1.82, 2.24) is 0 Å². The molecule has 1 heterocycles. The first-order valence-corrected chi connectivity index (χ1v) is 11.3. The van der Waals surface area contributed by atoms with Crippen LogP contribution in [0.3, 0.4) is 0 Å². The minimum absolute atomic E-state index is 0.0326. The zero-order chi connectivity index (χ0) is 21.1. The Kier molecular flexibility index (Phi) is 6.25. The van der Waals surface area contributed by atoms with Crippen molar-refractivity contribution in [2.24, 2.45) is 4.99 Å². The summed E-state index contributed by atoms with van der Waals surface area (Å²) in [5, 5.41) is 2.94. The molecule has 4 rings (SSSR count). The molecular formula is C24H21BrN2O2S. The number of amides is 1. The van der Waals surface area contributed by atoms with Crippen molar-refractivity contribution in [3.05, 3.63) is 82.3 Å². The van der Waals surface area contributed by atoms with Gasteiger partial charge in [-0.2, -0.15) is 0 Å². The number of anilines is 1. The van der Waals surface area contributed by atoms with E-state index >= 15 is 0 Å². The lowest BCUT2D eigenvalue weighted by Gasteiger charge is -2.24. The van der Waals surface area contributed by atoms with Gasteiger partial charge in [0.05, 0.1) is 23.8 Å². The molecule has 1 amide bonds. The molecule has 152 valence electrons. The van der Waals surface area contributed by atoms with E-state index in [0.29, 0.717) is 6.42 Å². The predicted molar refractivity (Wildman–Crippen MR) is 127 cm³/mol. The lowest BCUT2D eigenvalue weighted by Crippen LogP contribution is -2.27. The van der Waals surface area contributed by atoms with Crippen LogP contribution in [0.1, 0.15) is 17.5 Å². The Balaban J connectivity index is 1.59. The number of thioether (sulfide) groups is 1. The van der Waals surface area contributed by atoms with Crippen LogP contribution in [0, 0.1) is 6.92 Å². The van der Waals surface area contributed by atoms with E-state index < -0.39 is 0 Å². The van der Waals surface area contributed by atoms with Gasteiger partial charge in [0.1, 0.15) is 5.75 Å². The van der Waals surface area contributed by atoms with Gasteiger partial charge in [0, 0.05) is 21.5 Å². The van der Waals surface area contributed by atoms with Crippen molar-refractivity contribution in [2.45, 2.75) is 23.5 Å². The molecule has 3 aromatic carbocycles. The van der Waals surface area contributed by atoms with Gasteiger partial charge < -0.3 is 10.1 Å². The molecule has 0 fully saturated rings. The Morgan fingerprint density at radius 1 is 1.13 bits per heavy atom. The maximum Gasteiger partial charge on any atom is 0.225 e. The molecule has 0 unspecified atom stereocenters. The number of halogens is 1. The molecule has 0 saturated heterocycles. The molecule has 6 heteroatoms. The summed E-state index contributed by atoms with van der Waals surface area (Å²) >= 11 is 5.18. The molecule has 30 heavy (non-hydrogen) atoms. The molecule has 3 aromatic rings. The molecular weight excluding hydrogens is 460 g/mol. The number of carbonyl (C=O) groups is 1. The number of hydrogen-bond donors (Lipinski definition) is 1. The summed E-state index contributed by atoms with van der Waals surface area (Å²) in [5.74, 6) is 0.762. The topological polar surface area (TPSA) is 50.7 Å². The van der Waals surface area contributed by atoms with Crippen LogP contribution in [0.4, 0.5) is 11.4 Å². The van der Waals surface area contributed by atoms with E-state index in [1.54, 1.807) is 18.9 Å². The van der Waals surface area contributed by atoms with Gasteiger partial charge >= 0.3 is 0 Å². The van der Waals surface area contributed by atoms with Crippen molar-refractivity contribution >= 4 is 50.7 Å². The number of nitrogens with one attached hydrogen (secondary N) is 1. The highest BCUT2D eigenvalue weighted by Gasteiger charge is 2.27. The Morgan fingerprint density at radius 2 is 1.90 bits per heavy atom. The number of ether oxygens (including phenoxy) is 1. The summed E-state index contributed by atoms with van der Waals surface area (Å²) < 4.78 is 6.30. The van der Waals surface area contributed by atoms with E-state index in [1.807, 2.05) is 67.6 Å². The highest BCUT2D eigenvalue weighted by molar-refractivity contribution is 9.10. The number of benzene rings is 3. The lowest BCUT2D eigenvalue weighted by atomic mass is 10.0. The Labute approximate surface area is 188 Å². The summed E-state index contributed by atoms with van der Waals surface area (Å²) in [6, 6.07) is 21.7. The second kappa shape index (κ2) is 9.06. The molecule has 0 bridgehead atoms. The number of fused-ring (bicyclic) bond motifs is 1. The van der Waals surface area contributed by atoms with Gasteiger partial charge in [0.15, 0.2) is 0 Å². The fourth-order valence-corrected chi connectivity index (χ4v) is 4.79. The average molecular weight is 481 g/mol. The molecule has 4 nitrogen and oxygen atoms in total. The van der Waals surface area contributed by atoms with Crippen LogP contribution < -0.4 is 10.1 Å². The van der Waals surface area contributed by atoms with Crippen LogP contribution >= 0.6 is 27.7 Å². The lowest BCUT2D eigenvalue weighted by molar-refractivity contribution is -0.116. The Bertz CT molecular complexity index is 1110. The Hall–Kier alpha value is -2.57. The van der Waals surface area contributed by atoms with Crippen LogP contribution in [0.25, 0.3) is 0 Å². The van der Waals surface area contributed by atoms with Crippen LogP contribution in [0.15, 0.2) is 81.1 Å². The van der Waals surface area contributed by atoms with Crippen LogP contribution in [0.5, 0.6) is 5.75 Å². The third-order valence-electron chi connectivity index (χ3n) is 4.88. The molecule has 1 atom stereocenters. The van der Waals surface area contributed by atoms with Crippen LogP contribution in [-0.2, 0) is 4.79 Å². The normalized spacial score (nSPS) is 15.2. The first-order chi connectivity index (χ1) is 14.5. The number of aliphatic imine (C=N–C) groups is 1. The predicted octanol–water partition coefficient (Wildman–Crippen LogP) is 6.39. The van der Waals surface area contributed by atoms with Gasteiger partial charge in [-0.05, 0) is 72.6 Å². The van der Waals surface area contributed by atoms with Gasteiger partial charge in [-0.3, -0.25) is 9.79 Å². The van der Waals surface area contributed by atoms with Crippen molar-refractivity contribution in [3.63, 3.8) is 0 Å². The van der Waals surface area contributed by atoms with Crippen molar-refractivity contribution < 1.29 is 9.53 Å². The largest absolute Gasteiger partial charge is 0.497 e. The minimum Gasteiger partial charge on any atom is -0.497 e. The van der Waals surface area contributed by atoms with Crippen molar-refractivity contribution in [3.8, 4) is 5.75 Å². The third kappa shape index (κ3) is 4.60. The maximum absolute atomic E-state index is 12.9. The first kappa shape index (κ1) is 20.7. The van der Waals surface area contributed by atoms with E-state index in [-0.39, 0.29) is 11.2 Å². The van der Waals surface area contributed by atoms with E-state index in [1.165, 1.54) is 0 Å². The SMILES string of the molecule is COc1ccc(C2=Nc3ccccc3S[C@H]2CC(=O)Nc2ccc(Br)c(C)c2)cc1. The zero-order valence-electron chi connectivity index (χ0n) is 16.7. The third-order valence-corrected chi connectivity index (χ3v) is 7.04. The number of methoxy groups -OCH3 is 1. The number of aryl methyl sites for hydroxylation is 1. The molecule has 0 aliphatic carbocycles. The smallest absolute Gasteiger partial charge is 0.225 e. The average Bonchev–Trinajstić information content (AvgIpc) is 2.76. The Morgan fingerprint density at radius 3 is 2.63 bits per heavy atom. The first-order valence-electron chi connectivity index (χ1n) is 9.58. The standard InChI is InChI=1S/C24H21BrN2O2S/c1-15-13-17(9-12-19(15)25)26-23(28)14-22-24(16-7-10-18(29-2)11-8-16)27-20-5-3-4-6-21(20)30-22/h3-13,22H,14H2,1-2H3,(H,26,28)/t22-/m0/s1. The fourth-order valence-electron chi connectivity index (χ4n) is 3.31. The summed E-state index contributed by atoms with van der Waals surface area (Å²) in [5.41, 5.74) is 4.71. The quantitative estimate of drug-likeness (QED) is 0.460. The van der Waals surface area contributed by atoms with E-state index in [0.717, 1.165) is 43.3 Å². The zero-order valence-corrected chi connectivity index (χ0v) is 19.1. The summed E-state index contributed by atoms with van der Waals surface area (Å²) in [6.45, 7) is 2.00. The number of hydrogen-bond acceptors (Lipinski definition) is 4. The molecule has 1 aliphatic heterocycles. The highest BCUT2D eigenvalue weighted by atomic mass is 79.9. The van der Waals surface area contributed by atoms with Crippen molar-refractivity contribution in [2.75, 3.05) is 12.4 Å². The molecule has 1 N–H and O–H groups in total. The monoisotopic (exact) mass is 480 g/mol. The van der Waals surface area contributed by atoms with E-state index in [4.69, 9.17) is 9.73 Å². The van der Waals surface area contributed by atoms with Gasteiger partial charge in [0.25, 0.3) is 0 Å². The fraction of sp³-hybridized carbons (Fsp3) is 0.167. The highest BCUT2D eigenvalue weighted by Crippen LogP contribution is 2.40. The van der Waals surface area contributed by atoms with Gasteiger partial charge in [-0.1, -0.05) is 28.1 Å². The number of nitrogens with zero attached hydrogens (tertiary/aromatic N) is 1. The molecule has 0 saturated carbocycles. The number of para-hydroxylation sites is 1. The van der Waals surface area contributed by atoms with Gasteiger partial charge in [-0.15, -0.1) is 11.8 Å². The van der Waals surface area contributed by atoms with Gasteiger partial charge in [0.2, 0.25) is 5.91 Å². The molecule has 1 aliphatic rings. The minimum atomic E-state index is -0.0789. The summed E-state index contributed by atoms with van der Waals surface area (Å²) in [7, 11) is 1.65. The van der Waals surface area contributed by atoms with Gasteiger partial charge in [-0.25, -0.2) is 0 Å². The molecule has 0 aromatic heterocycles. The maximum atomic E-state index is 12.9.